The molecule has 0 saturated carbocycles. The van der Waals surface area contributed by atoms with Gasteiger partial charge in [0.2, 0.25) is 5.88 Å². The molecule has 0 aliphatic carbocycles. The Kier molecular flexibility index (Phi) is 3.61. The zero-order valence-corrected chi connectivity index (χ0v) is 13.9. The van der Waals surface area contributed by atoms with Gasteiger partial charge in [-0.05, 0) is 19.9 Å². The molecular weight excluding hydrogens is 316 g/mol. The van der Waals surface area contributed by atoms with E-state index in [4.69, 9.17) is 8.94 Å². The number of aryl methyl sites for hydroxylation is 2. The summed E-state index contributed by atoms with van der Waals surface area (Å²) in [5.41, 5.74) is 4.24. The van der Waals surface area contributed by atoms with Gasteiger partial charge in [-0.2, -0.15) is 0 Å². The summed E-state index contributed by atoms with van der Waals surface area (Å²) in [5.74, 6) is 0.190. The van der Waals surface area contributed by atoms with Crippen molar-refractivity contribution in [1.82, 2.24) is 5.16 Å². The lowest BCUT2D eigenvalue weighted by atomic mass is 10.1. The quantitative estimate of drug-likeness (QED) is 0.576. The summed E-state index contributed by atoms with van der Waals surface area (Å²) < 4.78 is 10.9. The Morgan fingerprint density at radius 3 is 2.56 bits per heavy atom. The van der Waals surface area contributed by atoms with E-state index in [1.54, 1.807) is 6.07 Å². The highest BCUT2D eigenvalue weighted by atomic mass is 16.5. The molecule has 124 valence electrons. The lowest BCUT2D eigenvalue weighted by Crippen LogP contribution is -2.11. The van der Waals surface area contributed by atoms with Crippen molar-refractivity contribution in [3.63, 3.8) is 0 Å². The molecule has 0 fully saturated rings. The fourth-order valence-corrected chi connectivity index (χ4v) is 2.75. The lowest BCUT2D eigenvalue weighted by molar-refractivity contribution is 0.0994. The Morgan fingerprint density at radius 2 is 1.80 bits per heavy atom. The number of amides is 1. The zero-order valence-electron chi connectivity index (χ0n) is 13.9. The van der Waals surface area contributed by atoms with E-state index in [1.165, 1.54) is 5.56 Å². The molecule has 2 heterocycles. The number of rotatable bonds is 3. The van der Waals surface area contributed by atoms with Gasteiger partial charge >= 0.3 is 0 Å². The van der Waals surface area contributed by atoms with Gasteiger partial charge in [0, 0.05) is 22.6 Å². The zero-order chi connectivity index (χ0) is 17.4. The minimum absolute atomic E-state index is 0.273. The van der Waals surface area contributed by atoms with Gasteiger partial charge in [-0.1, -0.05) is 53.2 Å². The number of para-hydroxylation sites is 1. The number of nitrogens with zero attached hydrogens (tertiary/aromatic N) is 1. The van der Waals surface area contributed by atoms with Crippen molar-refractivity contribution in [2.45, 2.75) is 13.8 Å². The first-order valence-corrected chi connectivity index (χ1v) is 7.95. The molecule has 0 radical (unpaired) electrons. The number of carbonyl (C=O) groups is 1. The average molecular weight is 332 g/mol. The third-order valence-corrected chi connectivity index (χ3v) is 4.14. The number of benzene rings is 2. The first-order valence-electron chi connectivity index (χ1n) is 7.95. The molecule has 0 unspecified atom stereocenters. The van der Waals surface area contributed by atoms with Crippen LogP contribution in [0.1, 0.15) is 21.7 Å². The maximum Gasteiger partial charge on any atom is 0.294 e. The van der Waals surface area contributed by atoms with Crippen molar-refractivity contribution in [2.24, 2.45) is 0 Å². The van der Waals surface area contributed by atoms with Gasteiger partial charge in [0.25, 0.3) is 5.91 Å². The van der Waals surface area contributed by atoms with Crippen LogP contribution in [0.4, 0.5) is 5.88 Å². The fraction of sp³-hybridized carbons (Fsp3) is 0.100. The SMILES string of the molecule is Cc1ccc(-c2cc(NC(=O)c3oc4ccccc4c3C)on2)cc1. The molecule has 1 N–H and O–H groups in total. The van der Waals surface area contributed by atoms with Gasteiger partial charge in [-0.15, -0.1) is 0 Å². The molecule has 1 amide bonds. The van der Waals surface area contributed by atoms with Crippen molar-refractivity contribution in [2.75, 3.05) is 5.32 Å². The van der Waals surface area contributed by atoms with Crippen LogP contribution < -0.4 is 5.32 Å². The van der Waals surface area contributed by atoms with Crippen LogP contribution in [0, 0.1) is 13.8 Å². The Morgan fingerprint density at radius 1 is 1.04 bits per heavy atom. The number of nitrogens with one attached hydrogen (secondary N) is 1. The summed E-state index contributed by atoms with van der Waals surface area (Å²) in [6.07, 6.45) is 0. The van der Waals surface area contributed by atoms with Gasteiger partial charge in [-0.3, -0.25) is 10.1 Å². The Balaban J connectivity index is 1.58. The van der Waals surface area contributed by atoms with Gasteiger partial charge in [0.05, 0.1) is 0 Å². The molecular formula is C20H16N2O3. The smallest absolute Gasteiger partial charge is 0.294 e. The van der Waals surface area contributed by atoms with Crippen molar-refractivity contribution < 1.29 is 13.7 Å². The van der Waals surface area contributed by atoms with Crippen molar-refractivity contribution in [3.8, 4) is 11.3 Å². The molecule has 0 aliphatic heterocycles. The summed E-state index contributed by atoms with van der Waals surface area (Å²) in [6, 6.07) is 17.2. The molecule has 4 aromatic rings. The number of carbonyl (C=O) groups excluding carboxylic acids is 1. The maximum absolute atomic E-state index is 12.5. The summed E-state index contributed by atoms with van der Waals surface area (Å²) in [5, 5.41) is 7.63. The number of fused-ring (bicyclic) bond motifs is 1. The van der Waals surface area contributed by atoms with Gasteiger partial charge < -0.3 is 8.94 Å². The Bertz CT molecular complexity index is 1060. The Hall–Kier alpha value is -3.34. The van der Waals surface area contributed by atoms with E-state index in [1.807, 2.05) is 62.4 Å². The number of furan rings is 1. The molecule has 2 aromatic carbocycles. The second-order valence-corrected chi connectivity index (χ2v) is 5.95. The normalized spacial score (nSPS) is 11.0. The molecule has 0 bridgehead atoms. The van der Waals surface area contributed by atoms with Crippen LogP contribution in [-0.2, 0) is 0 Å². The Labute approximate surface area is 144 Å². The predicted octanol–water partition coefficient (Wildman–Crippen LogP) is 4.96. The molecule has 0 atom stereocenters. The maximum atomic E-state index is 12.5. The number of hydrogen-bond acceptors (Lipinski definition) is 4. The molecule has 0 aliphatic rings. The number of hydrogen-bond donors (Lipinski definition) is 1. The molecule has 4 rings (SSSR count). The van der Waals surface area contributed by atoms with E-state index in [2.05, 4.69) is 10.5 Å². The average Bonchev–Trinajstić information content (AvgIpc) is 3.21. The largest absolute Gasteiger partial charge is 0.451 e. The van der Waals surface area contributed by atoms with Crippen LogP contribution in [0.25, 0.3) is 22.2 Å². The molecule has 5 nitrogen and oxygen atoms in total. The van der Waals surface area contributed by atoms with Crippen molar-refractivity contribution >= 4 is 22.8 Å². The van der Waals surface area contributed by atoms with E-state index in [0.29, 0.717) is 11.3 Å². The van der Waals surface area contributed by atoms with Gasteiger partial charge in [0.15, 0.2) is 5.76 Å². The third-order valence-electron chi connectivity index (χ3n) is 4.14. The predicted molar refractivity (Wildman–Crippen MR) is 95.6 cm³/mol. The van der Waals surface area contributed by atoms with Crippen LogP contribution in [-0.4, -0.2) is 11.1 Å². The summed E-state index contributed by atoms with van der Waals surface area (Å²) in [4.78, 5) is 12.5. The highest BCUT2D eigenvalue weighted by Crippen LogP contribution is 2.27. The van der Waals surface area contributed by atoms with Crippen LogP contribution in [0.3, 0.4) is 0 Å². The first kappa shape index (κ1) is 15.2. The summed E-state index contributed by atoms with van der Waals surface area (Å²) in [7, 11) is 0. The van der Waals surface area contributed by atoms with E-state index >= 15 is 0 Å². The van der Waals surface area contributed by atoms with E-state index < -0.39 is 0 Å². The topological polar surface area (TPSA) is 68.3 Å². The van der Waals surface area contributed by atoms with Crippen molar-refractivity contribution in [3.05, 3.63) is 71.5 Å². The highest BCUT2D eigenvalue weighted by molar-refractivity contribution is 6.06. The van der Waals surface area contributed by atoms with Crippen LogP contribution in [0.5, 0.6) is 0 Å². The van der Waals surface area contributed by atoms with Crippen molar-refractivity contribution in [1.29, 1.82) is 0 Å². The summed E-state index contributed by atoms with van der Waals surface area (Å²) >= 11 is 0. The number of aromatic nitrogens is 1. The molecule has 2 aromatic heterocycles. The molecule has 25 heavy (non-hydrogen) atoms. The van der Waals surface area contributed by atoms with Crippen LogP contribution >= 0.6 is 0 Å². The van der Waals surface area contributed by atoms with Crippen LogP contribution in [0.2, 0.25) is 0 Å². The monoisotopic (exact) mass is 332 g/mol. The standard InChI is InChI=1S/C20H16N2O3/c1-12-7-9-14(10-8-12)16-11-18(25-22-16)21-20(23)19-13(2)15-5-3-4-6-17(15)24-19/h3-11H,1-2H3,(H,21,23). The third kappa shape index (κ3) is 2.80. The summed E-state index contributed by atoms with van der Waals surface area (Å²) in [6.45, 7) is 3.88. The second-order valence-electron chi connectivity index (χ2n) is 5.95. The van der Waals surface area contributed by atoms with Gasteiger partial charge in [0.1, 0.15) is 11.3 Å². The fourth-order valence-electron chi connectivity index (χ4n) is 2.75. The first-order chi connectivity index (χ1) is 12.1. The van der Waals surface area contributed by atoms with E-state index in [9.17, 15) is 4.79 Å². The second kappa shape index (κ2) is 5.94. The molecule has 0 saturated heterocycles. The number of anilines is 1. The minimum Gasteiger partial charge on any atom is -0.451 e. The van der Waals surface area contributed by atoms with E-state index in [0.717, 1.165) is 16.5 Å². The highest BCUT2D eigenvalue weighted by Gasteiger charge is 2.19. The lowest BCUT2D eigenvalue weighted by Gasteiger charge is -1.98. The van der Waals surface area contributed by atoms with E-state index in [-0.39, 0.29) is 17.6 Å². The minimum atomic E-state index is -0.361. The van der Waals surface area contributed by atoms with Gasteiger partial charge in [-0.25, -0.2) is 0 Å². The molecule has 0 spiro atoms. The van der Waals surface area contributed by atoms with Crippen LogP contribution in [0.15, 0.2) is 63.5 Å². The molecule has 5 heteroatoms.